The van der Waals surface area contributed by atoms with E-state index in [2.05, 4.69) is 0 Å². The Kier molecular flexibility index (Phi) is 5.45. The normalized spacial score (nSPS) is 13.7. The maximum absolute atomic E-state index is 13.2. The van der Waals surface area contributed by atoms with Gasteiger partial charge in [0.25, 0.3) is 0 Å². The predicted molar refractivity (Wildman–Crippen MR) is 83.8 cm³/mol. The summed E-state index contributed by atoms with van der Waals surface area (Å²) in [5.74, 6) is -1.58. The van der Waals surface area contributed by atoms with Crippen LogP contribution in [0.2, 0.25) is 0 Å². The van der Waals surface area contributed by atoms with Crippen LogP contribution in [-0.4, -0.2) is 18.1 Å². The number of nitrogens with two attached hydrogens (primary N) is 1. The molecule has 0 radical (unpaired) electrons. The van der Waals surface area contributed by atoms with Crippen molar-refractivity contribution in [2.45, 2.75) is 31.9 Å². The number of benzene rings is 2. The second kappa shape index (κ2) is 7.33. The summed E-state index contributed by atoms with van der Waals surface area (Å²) in [4.78, 5) is 11.8. The van der Waals surface area contributed by atoms with Crippen molar-refractivity contribution in [1.82, 2.24) is 0 Å². The highest BCUT2D eigenvalue weighted by atomic mass is 19.1. The van der Waals surface area contributed by atoms with Gasteiger partial charge in [-0.3, -0.25) is 4.79 Å². The lowest BCUT2D eigenvalue weighted by Gasteiger charge is -2.26. The monoisotopic (exact) mass is 319 g/mol. The van der Waals surface area contributed by atoms with Crippen LogP contribution in [0.1, 0.15) is 30.9 Å². The second-order valence-electron chi connectivity index (χ2n) is 5.51. The van der Waals surface area contributed by atoms with Gasteiger partial charge >= 0.3 is 5.97 Å². The first-order chi connectivity index (χ1) is 10.9. The molecular weight excluding hydrogens is 300 g/mol. The van der Waals surface area contributed by atoms with Gasteiger partial charge in [0.1, 0.15) is 23.8 Å². The molecule has 0 aromatic heterocycles. The number of carbonyl (C=O) groups excluding carboxylic acids is 1. The van der Waals surface area contributed by atoms with Crippen LogP contribution in [0.5, 0.6) is 0 Å². The number of halogens is 2. The van der Waals surface area contributed by atoms with E-state index < -0.39 is 18.1 Å². The molecule has 3 nitrogen and oxygen atoms in total. The van der Waals surface area contributed by atoms with Crippen LogP contribution in [0.25, 0.3) is 0 Å². The lowest BCUT2D eigenvalue weighted by molar-refractivity contribution is -0.149. The van der Waals surface area contributed by atoms with Crippen LogP contribution in [0.4, 0.5) is 8.78 Å². The highest BCUT2D eigenvalue weighted by Crippen LogP contribution is 2.30. The number of esters is 1. The molecule has 2 aromatic carbocycles. The SMILES string of the molecule is CC(OC(=O)[C@H](C)N)C(c1ccc(F)cc1)c1ccc(F)cc1. The number of hydrogen-bond donors (Lipinski definition) is 1. The van der Waals surface area contributed by atoms with Crippen molar-refractivity contribution in [3.8, 4) is 0 Å². The van der Waals surface area contributed by atoms with Crippen LogP contribution < -0.4 is 5.73 Å². The quantitative estimate of drug-likeness (QED) is 0.860. The molecule has 2 atom stereocenters. The third-order valence-corrected chi connectivity index (χ3v) is 3.60. The molecule has 0 aliphatic heterocycles. The first-order valence-corrected chi connectivity index (χ1v) is 7.35. The molecule has 0 spiro atoms. The smallest absolute Gasteiger partial charge is 0.322 e. The minimum absolute atomic E-state index is 0.348. The molecule has 122 valence electrons. The van der Waals surface area contributed by atoms with Gasteiger partial charge in [0, 0.05) is 5.92 Å². The number of hydrogen-bond acceptors (Lipinski definition) is 3. The molecule has 2 aromatic rings. The highest BCUT2D eigenvalue weighted by Gasteiger charge is 2.26. The zero-order valence-electron chi connectivity index (χ0n) is 13.0. The average molecular weight is 319 g/mol. The standard InChI is InChI=1S/C18H19F2NO2/c1-11(21)18(22)23-12(2)17(13-3-7-15(19)8-4-13)14-5-9-16(20)10-6-14/h3-12,17H,21H2,1-2H3/t11-,12?/m0/s1. The average Bonchev–Trinajstić information content (AvgIpc) is 2.51. The zero-order chi connectivity index (χ0) is 17.0. The van der Waals surface area contributed by atoms with Crippen LogP contribution in [-0.2, 0) is 9.53 Å². The first-order valence-electron chi connectivity index (χ1n) is 7.35. The minimum Gasteiger partial charge on any atom is -0.461 e. The van der Waals surface area contributed by atoms with Gasteiger partial charge in [-0.05, 0) is 49.2 Å². The Morgan fingerprint density at radius 2 is 1.30 bits per heavy atom. The van der Waals surface area contributed by atoms with Gasteiger partial charge in [-0.15, -0.1) is 0 Å². The summed E-state index contributed by atoms with van der Waals surface area (Å²) in [6.45, 7) is 3.28. The van der Waals surface area contributed by atoms with Crippen molar-refractivity contribution in [3.05, 3.63) is 71.3 Å². The topological polar surface area (TPSA) is 52.3 Å². The third-order valence-electron chi connectivity index (χ3n) is 3.60. The molecular formula is C18H19F2NO2. The Bertz CT molecular complexity index is 608. The van der Waals surface area contributed by atoms with E-state index in [4.69, 9.17) is 10.5 Å². The maximum atomic E-state index is 13.2. The first kappa shape index (κ1) is 17.1. The third kappa shape index (κ3) is 4.36. The molecule has 2 N–H and O–H groups in total. The van der Waals surface area contributed by atoms with Gasteiger partial charge in [-0.2, -0.15) is 0 Å². The Balaban J connectivity index is 2.36. The zero-order valence-corrected chi connectivity index (χ0v) is 13.0. The van der Waals surface area contributed by atoms with E-state index in [1.165, 1.54) is 24.3 Å². The molecule has 0 amide bonds. The maximum Gasteiger partial charge on any atom is 0.322 e. The van der Waals surface area contributed by atoms with Crippen molar-refractivity contribution in [3.63, 3.8) is 0 Å². The predicted octanol–water partition coefficient (Wildman–Crippen LogP) is 3.38. The summed E-state index contributed by atoms with van der Waals surface area (Å²) in [6, 6.07) is 11.1. The molecule has 0 bridgehead atoms. The Hall–Kier alpha value is -2.27. The van der Waals surface area contributed by atoms with E-state index in [0.717, 1.165) is 11.1 Å². The second-order valence-corrected chi connectivity index (χ2v) is 5.51. The summed E-state index contributed by atoms with van der Waals surface area (Å²) in [5.41, 5.74) is 7.06. The summed E-state index contributed by atoms with van der Waals surface area (Å²) in [6.07, 6.45) is -0.538. The summed E-state index contributed by atoms with van der Waals surface area (Å²) in [7, 11) is 0. The molecule has 0 saturated carbocycles. The summed E-state index contributed by atoms with van der Waals surface area (Å²) >= 11 is 0. The molecule has 2 rings (SSSR count). The largest absolute Gasteiger partial charge is 0.461 e. The van der Waals surface area contributed by atoms with E-state index in [-0.39, 0.29) is 17.6 Å². The Morgan fingerprint density at radius 1 is 0.913 bits per heavy atom. The Labute approximate surface area is 134 Å². The fourth-order valence-electron chi connectivity index (χ4n) is 2.43. The fourth-order valence-corrected chi connectivity index (χ4v) is 2.43. The van der Waals surface area contributed by atoms with Crippen molar-refractivity contribution in [2.75, 3.05) is 0 Å². The van der Waals surface area contributed by atoms with Crippen LogP contribution in [0, 0.1) is 11.6 Å². The van der Waals surface area contributed by atoms with E-state index in [1.807, 2.05) is 0 Å². The van der Waals surface area contributed by atoms with E-state index in [1.54, 1.807) is 38.1 Å². The molecule has 1 unspecified atom stereocenters. The van der Waals surface area contributed by atoms with Crippen LogP contribution in [0.15, 0.2) is 48.5 Å². The van der Waals surface area contributed by atoms with Gasteiger partial charge in [0.15, 0.2) is 0 Å². The number of ether oxygens (including phenoxy) is 1. The lowest BCUT2D eigenvalue weighted by atomic mass is 9.87. The van der Waals surface area contributed by atoms with Crippen molar-refractivity contribution < 1.29 is 18.3 Å². The minimum atomic E-state index is -0.737. The molecule has 0 fully saturated rings. The van der Waals surface area contributed by atoms with Crippen molar-refractivity contribution in [1.29, 1.82) is 0 Å². The molecule has 23 heavy (non-hydrogen) atoms. The van der Waals surface area contributed by atoms with E-state index in [9.17, 15) is 13.6 Å². The van der Waals surface area contributed by atoms with Gasteiger partial charge in [-0.1, -0.05) is 24.3 Å². The number of carbonyl (C=O) groups is 1. The fraction of sp³-hybridized carbons (Fsp3) is 0.278. The highest BCUT2D eigenvalue weighted by molar-refractivity contribution is 5.75. The van der Waals surface area contributed by atoms with E-state index >= 15 is 0 Å². The molecule has 0 heterocycles. The molecule has 5 heteroatoms. The molecule has 0 aliphatic carbocycles. The van der Waals surface area contributed by atoms with Gasteiger partial charge in [0.05, 0.1) is 0 Å². The lowest BCUT2D eigenvalue weighted by Crippen LogP contribution is -2.33. The molecule has 0 saturated heterocycles. The van der Waals surface area contributed by atoms with Gasteiger partial charge in [0.2, 0.25) is 0 Å². The van der Waals surface area contributed by atoms with Crippen molar-refractivity contribution in [2.24, 2.45) is 5.73 Å². The van der Waals surface area contributed by atoms with Crippen LogP contribution in [0.3, 0.4) is 0 Å². The molecule has 0 aliphatic rings. The number of rotatable bonds is 5. The summed E-state index contributed by atoms with van der Waals surface area (Å²) in [5, 5.41) is 0. The van der Waals surface area contributed by atoms with E-state index in [0.29, 0.717) is 0 Å². The summed E-state index contributed by atoms with van der Waals surface area (Å²) < 4.78 is 31.7. The van der Waals surface area contributed by atoms with Gasteiger partial charge in [-0.25, -0.2) is 8.78 Å². The van der Waals surface area contributed by atoms with Crippen molar-refractivity contribution >= 4 is 5.97 Å². The van der Waals surface area contributed by atoms with Crippen LogP contribution >= 0.6 is 0 Å². The Morgan fingerprint density at radius 3 is 1.65 bits per heavy atom. The van der Waals surface area contributed by atoms with Gasteiger partial charge < -0.3 is 10.5 Å².